The van der Waals surface area contributed by atoms with E-state index in [-0.39, 0.29) is 17.9 Å². The van der Waals surface area contributed by atoms with Gasteiger partial charge in [-0.15, -0.1) is 0 Å². The van der Waals surface area contributed by atoms with E-state index in [1.807, 2.05) is 18.2 Å². The lowest BCUT2D eigenvalue weighted by Gasteiger charge is -2.31. The summed E-state index contributed by atoms with van der Waals surface area (Å²) in [4.78, 5) is 22.0. The monoisotopic (exact) mass is 331 g/mol. The number of carbonyl (C=O) groups excluding carboxylic acids is 1. The van der Waals surface area contributed by atoms with E-state index in [4.69, 9.17) is 9.26 Å². The van der Waals surface area contributed by atoms with Crippen molar-refractivity contribution in [3.8, 4) is 0 Å². The van der Waals surface area contributed by atoms with Gasteiger partial charge in [0.15, 0.2) is 5.82 Å². The van der Waals surface area contributed by atoms with E-state index >= 15 is 0 Å². The highest BCUT2D eigenvalue weighted by atomic mass is 16.5. The van der Waals surface area contributed by atoms with Gasteiger partial charge in [-0.3, -0.25) is 14.7 Å². The minimum Gasteiger partial charge on any atom is -0.371 e. The summed E-state index contributed by atoms with van der Waals surface area (Å²) in [6, 6.07) is 5.81. The normalized spacial score (nSPS) is 18.5. The van der Waals surface area contributed by atoms with Crippen LogP contribution in [0.2, 0.25) is 0 Å². The molecule has 3 heterocycles. The van der Waals surface area contributed by atoms with Gasteiger partial charge in [-0.2, -0.15) is 4.98 Å². The first-order chi connectivity index (χ1) is 11.7. The van der Waals surface area contributed by atoms with Gasteiger partial charge in [-0.25, -0.2) is 0 Å². The Morgan fingerprint density at radius 1 is 1.50 bits per heavy atom. The Hall–Kier alpha value is -2.32. The predicted molar refractivity (Wildman–Crippen MR) is 85.0 cm³/mol. The van der Waals surface area contributed by atoms with Crippen molar-refractivity contribution < 1.29 is 14.1 Å². The van der Waals surface area contributed by atoms with Crippen LogP contribution in [-0.2, 0) is 17.9 Å². The average molecular weight is 331 g/mol. The first-order valence-corrected chi connectivity index (χ1v) is 8.03. The Balaban J connectivity index is 1.50. The van der Waals surface area contributed by atoms with Crippen LogP contribution in [0.25, 0.3) is 0 Å². The Kier molecular flexibility index (Phi) is 5.50. The van der Waals surface area contributed by atoms with Gasteiger partial charge in [0.25, 0.3) is 0 Å². The van der Waals surface area contributed by atoms with E-state index < -0.39 is 0 Å². The molecule has 0 saturated carbocycles. The van der Waals surface area contributed by atoms with Gasteiger partial charge in [0.05, 0.1) is 24.9 Å². The van der Waals surface area contributed by atoms with Crippen LogP contribution in [0.3, 0.4) is 0 Å². The molecule has 0 radical (unpaired) electrons. The second kappa shape index (κ2) is 7.98. The quantitative estimate of drug-likeness (QED) is 0.844. The molecular formula is C16H21N5O3. The number of pyridine rings is 1. The fourth-order valence-corrected chi connectivity index (χ4v) is 2.70. The lowest BCUT2D eigenvalue weighted by Crippen LogP contribution is -2.39. The average Bonchev–Trinajstić information content (AvgIpc) is 3.09. The number of rotatable bonds is 6. The molecule has 0 aliphatic carbocycles. The van der Waals surface area contributed by atoms with Gasteiger partial charge in [-0.1, -0.05) is 11.2 Å². The van der Waals surface area contributed by atoms with Crippen LogP contribution < -0.4 is 5.32 Å². The minimum absolute atomic E-state index is 0.00698. The largest absolute Gasteiger partial charge is 0.371 e. The summed E-state index contributed by atoms with van der Waals surface area (Å²) in [5, 5.41) is 6.32. The molecule has 1 N–H and O–H groups in total. The molecule has 1 aliphatic rings. The first-order valence-electron chi connectivity index (χ1n) is 8.03. The summed E-state index contributed by atoms with van der Waals surface area (Å²) in [6.07, 6.45) is 4.00. The maximum Gasteiger partial charge on any atom is 0.315 e. The standard InChI is InChI=1S/C16H21N5O3/c1-17-15(22)16-19-14(20-24-16)10-21-8-4-6-13(9-21)23-11-12-5-2-3-7-18-12/h2-3,5,7,13H,4,6,8-11H2,1H3,(H,17,22)/t13-/m1/s1. The molecule has 1 atom stereocenters. The number of ether oxygens (including phenoxy) is 1. The van der Waals surface area contributed by atoms with Crippen molar-refractivity contribution in [2.24, 2.45) is 0 Å². The SMILES string of the molecule is CNC(=O)c1nc(CN2CCC[C@@H](OCc3ccccn3)C2)no1. The summed E-state index contributed by atoms with van der Waals surface area (Å²) < 4.78 is 10.9. The van der Waals surface area contributed by atoms with Gasteiger partial charge in [0.1, 0.15) is 0 Å². The zero-order chi connectivity index (χ0) is 16.8. The maximum absolute atomic E-state index is 11.4. The van der Waals surface area contributed by atoms with Crippen molar-refractivity contribution in [3.63, 3.8) is 0 Å². The van der Waals surface area contributed by atoms with E-state index in [0.29, 0.717) is 19.0 Å². The lowest BCUT2D eigenvalue weighted by atomic mass is 10.1. The van der Waals surface area contributed by atoms with Gasteiger partial charge in [-0.05, 0) is 31.5 Å². The molecule has 8 heteroatoms. The van der Waals surface area contributed by atoms with Crippen molar-refractivity contribution >= 4 is 5.91 Å². The van der Waals surface area contributed by atoms with E-state index in [1.165, 1.54) is 7.05 Å². The molecule has 0 unspecified atom stereocenters. The van der Waals surface area contributed by atoms with Gasteiger partial charge >= 0.3 is 11.8 Å². The number of nitrogens with one attached hydrogen (secondary N) is 1. The summed E-state index contributed by atoms with van der Waals surface area (Å²) in [5.41, 5.74) is 0.933. The molecule has 2 aromatic rings. The van der Waals surface area contributed by atoms with Crippen LogP contribution in [0.5, 0.6) is 0 Å². The molecular weight excluding hydrogens is 310 g/mol. The summed E-state index contributed by atoms with van der Waals surface area (Å²) >= 11 is 0. The molecule has 3 rings (SSSR count). The van der Waals surface area contributed by atoms with E-state index in [9.17, 15) is 4.79 Å². The highest BCUT2D eigenvalue weighted by Crippen LogP contribution is 2.16. The Morgan fingerprint density at radius 3 is 3.21 bits per heavy atom. The van der Waals surface area contributed by atoms with E-state index in [1.54, 1.807) is 6.20 Å². The van der Waals surface area contributed by atoms with E-state index in [2.05, 4.69) is 25.3 Å². The fourth-order valence-electron chi connectivity index (χ4n) is 2.70. The molecule has 2 aromatic heterocycles. The lowest BCUT2D eigenvalue weighted by molar-refractivity contribution is -0.0139. The smallest absolute Gasteiger partial charge is 0.315 e. The van der Waals surface area contributed by atoms with Crippen LogP contribution in [0, 0.1) is 0 Å². The van der Waals surface area contributed by atoms with Crippen LogP contribution in [0.4, 0.5) is 0 Å². The molecule has 1 fully saturated rings. The predicted octanol–water partition coefficient (Wildman–Crippen LogP) is 1.01. The molecule has 128 valence electrons. The number of piperidine rings is 1. The molecule has 8 nitrogen and oxygen atoms in total. The number of likely N-dealkylation sites (tertiary alicyclic amines) is 1. The van der Waals surface area contributed by atoms with Crippen LogP contribution in [0.15, 0.2) is 28.9 Å². The molecule has 1 saturated heterocycles. The van der Waals surface area contributed by atoms with Gasteiger partial charge < -0.3 is 14.6 Å². The van der Waals surface area contributed by atoms with Crippen LogP contribution in [0.1, 0.15) is 35.0 Å². The second-order valence-electron chi connectivity index (χ2n) is 5.73. The van der Waals surface area contributed by atoms with Crippen molar-refractivity contribution in [2.75, 3.05) is 20.1 Å². The Bertz CT molecular complexity index is 661. The zero-order valence-electron chi connectivity index (χ0n) is 13.6. The topological polar surface area (TPSA) is 93.4 Å². The zero-order valence-corrected chi connectivity index (χ0v) is 13.6. The van der Waals surface area contributed by atoms with Gasteiger partial charge in [0.2, 0.25) is 0 Å². The summed E-state index contributed by atoms with van der Waals surface area (Å²) in [6.45, 7) is 2.82. The third-order valence-electron chi connectivity index (χ3n) is 3.91. The molecule has 1 aliphatic heterocycles. The number of aromatic nitrogens is 3. The molecule has 0 aromatic carbocycles. The number of hydrogen-bond acceptors (Lipinski definition) is 7. The third kappa shape index (κ3) is 4.36. The van der Waals surface area contributed by atoms with Crippen LogP contribution >= 0.6 is 0 Å². The number of nitrogens with zero attached hydrogens (tertiary/aromatic N) is 4. The fraction of sp³-hybridized carbons (Fsp3) is 0.500. The van der Waals surface area contributed by atoms with Crippen molar-refractivity contribution in [1.29, 1.82) is 0 Å². The van der Waals surface area contributed by atoms with Crippen LogP contribution in [-0.4, -0.2) is 52.2 Å². The number of carbonyl (C=O) groups is 1. The van der Waals surface area contributed by atoms with E-state index in [0.717, 1.165) is 31.6 Å². The highest BCUT2D eigenvalue weighted by molar-refractivity contribution is 5.89. The molecule has 0 bridgehead atoms. The van der Waals surface area contributed by atoms with Crippen molar-refractivity contribution in [3.05, 3.63) is 41.8 Å². The summed E-state index contributed by atoms with van der Waals surface area (Å²) in [7, 11) is 1.53. The molecule has 0 spiro atoms. The number of amides is 1. The van der Waals surface area contributed by atoms with Gasteiger partial charge in [0, 0.05) is 19.8 Å². The van der Waals surface area contributed by atoms with Crippen molar-refractivity contribution in [1.82, 2.24) is 25.3 Å². The summed E-state index contributed by atoms with van der Waals surface area (Å²) in [5.74, 6) is 0.135. The molecule has 24 heavy (non-hydrogen) atoms. The second-order valence-corrected chi connectivity index (χ2v) is 5.73. The van der Waals surface area contributed by atoms with Crippen molar-refractivity contribution in [2.45, 2.75) is 32.1 Å². The third-order valence-corrected chi connectivity index (χ3v) is 3.91. The highest BCUT2D eigenvalue weighted by Gasteiger charge is 2.23. The minimum atomic E-state index is -0.371. The Morgan fingerprint density at radius 2 is 2.42 bits per heavy atom. The molecule has 1 amide bonds. The Labute approximate surface area is 140 Å². The first kappa shape index (κ1) is 16.5. The maximum atomic E-state index is 11.4. The number of hydrogen-bond donors (Lipinski definition) is 1.